The van der Waals surface area contributed by atoms with E-state index in [2.05, 4.69) is 33.1 Å². The molecule has 0 fully saturated rings. The van der Waals surface area contributed by atoms with Gasteiger partial charge in [-0.2, -0.15) is 0 Å². The predicted octanol–water partition coefficient (Wildman–Crippen LogP) is 4.82. The Morgan fingerprint density at radius 2 is 2.05 bits per heavy atom. The van der Waals surface area contributed by atoms with Gasteiger partial charge in [-0.3, -0.25) is 0 Å². The minimum Gasteiger partial charge on any atom is -0.493 e. The van der Waals surface area contributed by atoms with Crippen LogP contribution in [0, 0.1) is 13.8 Å². The summed E-state index contributed by atoms with van der Waals surface area (Å²) in [6.07, 6.45) is 0. The standard InChI is InChI=1S/C17H19BrN2OS/c1-12-6-7-13(2)16(10-12)20-17(19)22-9-8-21-15-5-3-4-14(18)11-15/h3-7,10-11H,8-9H2,1-2H3,(H2,19,20). The van der Waals surface area contributed by atoms with Crippen LogP contribution in [0.4, 0.5) is 5.69 Å². The number of thioether (sulfide) groups is 1. The van der Waals surface area contributed by atoms with Crippen LogP contribution in [-0.4, -0.2) is 17.5 Å². The first kappa shape index (κ1) is 16.9. The van der Waals surface area contributed by atoms with E-state index in [9.17, 15) is 0 Å². The van der Waals surface area contributed by atoms with Crippen LogP contribution in [0.3, 0.4) is 0 Å². The van der Waals surface area contributed by atoms with E-state index in [0.717, 1.165) is 27.2 Å². The Bertz CT molecular complexity index is 673. The zero-order valence-corrected chi connectivity index (χ0v) is 15.1. The largest absolute Gasteiger partial charge is 0.493 e. The highest BCUT2D eigenvalue weighted by molar-refractivity contribution is 9.10. The molecule has 0 aliphatic heterocycles. The second kappa shape index (κ2) is 8.25. The van der Waals surface area contributed by atoms with Gasteiger partial charge in [0.15, 0.2) is 5.17 Å². The van der Waals surface area contributed by atoms with Gasteiger partial charge in [0, 0.05) is 10.2 Å². The zero-order valence-electron chi connectivity index (χ0n) is 12.7. The fourth-order valence-corrected chi connectivity index (χ4v) is 2.77. The number of hydrogen-bond acceptors (Lipinski definition) is 3. The molecule has 0 saturated carbocycles. The molecule has 116 valence electrons. The van der Waals surface area contributed by atoms with Crippen LogP contribution < -0.4 is 10.5 Å². The van der Waals surface area contributed by atoms with Gasteiger partial charge in [-0.05, 0) is 49.2 Å². The molecule has 0 unspecified atom stereocenters. The van der Waals surface area contributed by atoms with Crippen molar-refractivity contribution in [2.45, 2.75) is 13.8 Å². The monoisotopic (exact) mass is 378 g/mol. The van der Waals surface area contributed by atoms with Gasteiger partial charge in [0.05, 0.1) is 12.3 Å². The summed E-state index contributed by atoms with van der Waals surface area (Å²) in [5.41, 5.74) is 9.21. The molecule has 5 heteroatoms. The first-order chi connectivity index (χ1) is 10.5. The van der Waals surface area contributed by atoms with Gasteiger partial charge in [-0.15, -0.1) is 0 Å². The van der Waals surface area contributed by atoms with E-state index in [1.54, 1.807) is 0 Å². The number of aryl methyl sites for hydroxylation is 2. The molecule has 22 heavy (non-hydrogen) atoms. The van der Waals surface area contributed by atoms with Gasteiger partial charge >= 0.3 is 0 Å². The molecule has 0 heterocycles. The fraction of sp³-hybridized carbons (Fsp3) is 0.235. The van der Waals surface area contributed by atoms with Crippen molar-refractivity contribution < 1.29 is 4.74 Å². The van der Waals surface area contributed by atoms with E-state index in [4.69, 9.17) is 10.5 Å². The van der Waals surface area contributed by atoms with Gasteiger partial charge in [-0.25, -0.2) is 4.99 Å². The van der Waals surface area contributed by atoms with Crippen molar-refractivity contribution in [2.24, 2.45) is 10.7 Å². The van der Waals surface area contributed by atoms with Crippen LogP contribution in [0.2, 0.25) is 0 Å². The minimum absolute atomic E-state index is 0.562. The van der Waals surface area contributed by atoms with Crippen LogP contribution >= 0.6 is 27.7 Å². The third-order valence-electron chi connectivity index (χ3n) is 2.99. The summed E-state index contributed by atoms with van der Waals surface area (Å²) in [5, 5.41) is 0.562. The summed E-state index contributed by atoms with van der Waals surface area (Å²) in [7, 11) is 0. The number of benzene rings is 2. The van der Waals surface area contributed by atoms with Crippen LogP contribution in [0.5, 0.6) is 5.75 Å². The molecule has 0 saturated heterocycles. The fourth-order valence-electron chi connectivity index (χ4n) is 1.85. The molecule has 2 aromatic rings. The summed E-state index contributed by atoms with van der Waals surface area (Å²) in [4.78, 5) is 4.47. The zero-order chi connectivity index (χ0) is 15.9. The minimum atomic E-state index is 0.562. The molecular weight excluding hydrogens is 360 g/mol. The molecule has 0 atom stereocenters. The number of hydrogen-bond donors (Lipinski definition) is 1. The molecule has 0 aromatic heterocycles. The third kappa shape index (κ3) is 5.39. The van der Waals surface area contributed by atoms with E-state index in [1.165, 1.54) is 17.3 Å². The molecule has 0 aliphatic rings. The average Bonchev–Trinajstić information content (AvgIpc) is 2.48. The number of halogens is 1. The number of aliphatic imine (C=N–C) groups is 1. The van der Waals surface area contributed by atoms with Crippen LogP contribution in [0.25, 0.3) is 0 Å². The maximum Gasteiger partial charge on any atom is 0.159 e. The highest BCUT2D eigenvalue weighted by atomic mass is 79.9. The van der Waals surface area contributed by atoms with Gasteiger partial charge in [0.2, 0.25) is 0 Å². The Kier molecular flexibility index (Phi) is 6.34. The third-order valence-corrected chi connectivity index (χ3v) is 4.24. The Labute approximate surface area is 144 Å². The van der Waals surface area contributed by atoms with Crippen molar-refractivity contribution in [3.8, 4) is 5.75 Å². The maximum absolute atomic E-state index is 5.98. The maximum atomic E-state index is 5.98. The van der Waals surface area contributed by atoms with Crippen molar-refractivity contribution in [3.63, 3.8) is 0 Å². The van der Waals surface area contributed by atoms with Crippen LogP contribution in [0.15, 0.2) is 51.9 Å². The second-order valence-electron chi connectivity index (χ2n) is 4.89. The first-order valence-electron chi connectivity index (χ1n) is 6.97. The number of amidine groups is 1. The quantitative estimate of drug-likeness (QED) is 0.460. The summed E-state index contributed by atoms with van der Waals surface area (Å²) in [5.74, 6) is 1.60. The van der Waals surface area contributed by atoms with Crippen molar-refractivity contribution in [1.29, 1.82) is 0 Å². The Balaban J connectivity index is 1.83. The molecule has 2 N–H and O–H groups in total. The van der Waals surface area contributed by atoms with Gasteiger partial charge < -0.3 is 10.5 Å². The first-order valence-corrected chi connectivity index (χ1v) is 8.75. The van der Waals surface area contributed by atoms with Crippen molar-refractivity contribution in [2.75, 3.05) is 12.4 Å². The molecule has 0 bridgehead atoms. The smallest absolute Gasteiger partial charge is 0.159 e. The molecule has 3 nitrogen and oxygen atoms in total. The van der Waals surface area contributed by atoms with Gasteiger partial charge in [-0.1, -0.05) is 45.9 Å². The average molecular weight is 379 g/mol. The number of nitrogens with two attached hydrogens (primary N) is 1. The van der Waals surface area contributed by atoms with Gasteiger partial charge in [0.25, 0.3) is 0 Å². The molecule has 2 rings (SSSR count). The Hall–Kier alpha value is -1.46. The lowest BCUT2D eigenvalue weighted by Crippen LogP contribution is -2.10. The summed E-state index contributed by atoms with van der Waals surface area (Å²) >= 11 is 4.92. The molecule has 0 amide bonds. The summed E-state index contributed by atoms with van der Waals surface area (Å²) in [6, 6.07) is 14.0. The number of rotatable bonds is 5. The Morgan fingerprint density at radius 3 is 2.82 bits per heavy atom. The molecule has 2 aromatic carbocycles. The van der Waals surface area contributed by atoms with Crippen LogP contribution in [0.1, 0.15) is 11.1 Å². The van der Waals surface area contributed by atoms with Crippen molar-refractivity contribution >= 4 is 38.5 Å². The van der Waals surface area contributed by atoms with Crippen molar-refractivity contribution in [3.05, 3.63) is 58.1 Å². The molecule has 0 aliphatic carbocycles. The molecule has 0 spiro atoms. The summed E-state index contributed by atoms with van der Waals surface area (Å²) < 4.78 is 6.68. The number of nitrogens with zero attached hydrogens (tertiary/aromatic N) is 1. The lowest BCUT2D eigenvalue weighted by atomic mass is 10.1. The van der Waals surface area contributed by atoms with E-state index < -0.39 is 0 Å². The topological polar surface area (TPSA) is 47.6 Å². The normalized spacial score (nSPS) is 11.5. The second-order valence-corrected chi connectivity index (χ2v) is 6.93. The van der Waals surface area contributed by atoms with Crippen LogP contribution in [-0.2, 0) is 0 Å². The molecular formula is C17H19BrN2OS. The highest BCUT2D eigenvalue weighted by Gasteiger charge is 2.01. The van der Waals surface area contributed by atoms with E-state index in [0.29, 0.717) is 11.8 Å². The van der Waals surface area contributed by atoms with Crippen molar-refractivity contribution in [1.82, 2.24) is 0 Å². The summed E-state index contributed by atoms with van der Waals surface area (Å²) in [6.45, 7) is 4.67. The molecule has 0 radical (unpaired) electrons. The van der Waals surface area contributed by atoms with E-state index >= 15 is 0 Å². The number of ether oxygens (including phenoxy) is 1. The van der Waals surface area contributed by atoms with Gasteiger partial charge in [0.1, 0.15) is 5.75 Å². The Morgan fingerprint density at radius 1 is 1.23 bits per heavy atom. The lowest BCUT2D eigenvalue weighted by molar-refractivity contribution is 0.344. The van der Waals surface area contributed by atoms with E-state index in [-0.39, 0.29) is 0 Å². The van der Waals surface area contributed by atoms with E-state index in [1.807, 2.05) is 44.2 Å². The predicted molar refractivity (Wildman–Crippen MR) is 99.3 cm³/mol. The SMILES string of the molecule is Cc1ccc(C)c(N=C(N)SCCOc2cccc(Br)c2)c1. The lowest BCUT2D eigenvalue weighted by Gasteiger charge is -2.07. The highest BCUT2D eigenvalue weighted by Crippen LogP contribution is 2.21.